The van der Waals surface area contributed by atoms with Crippen molar-refractivity contribution < 1.29 is 9.66 Å². The van der Waals surface area contributed by atoms with Gasteiger partial charge in [-0.25, -0.2) is 4.98 Å². The second-order valence-corrected chi connectivity index (χ2v) is 5.58. The number of rotatable bonds is 7. The van der Waals surface area contributed by atoms with Gasteiger partial charge in [0.1, 0.15) is 6.33 Å². The molecule has 0 atom stereocenters. The lowest BCUT2D eigenvalue weighted by molar-refractivity contribution is -0.385. The van der Waals surface area contributed by atoms with Crippen LogP contribution < -0.4 is 10.1 Å². The molecule has 1 aliphatic carbocycles. The van der Waals surface area contributed by atoms with Gasteiger partial charge >= 0.3 is 5.69 Å². The average Bonchev–Trinajstić information content (AvgIpc) is 2.47. The monoisotopic (exact) mass is 306 g/mol. The first-order valence-electron chi connectivity index (χ1n) is 7.65. The molecule has 0 bridgehead atoms. The fourth-order valence-corrected chi connectivity index (χ4v) is 2.44. The van der Waals surface area contributed by atoms with Crippen LogP contribution in [-0.2, 0) is 0 Å². The van der Waals surface area contributed by atoms with Crippen molar-refractivity contribution in [2.24, 2.45) is 0 Å². The van der Waals surface area contributed by atoms with Crippen molar-refractivity contribution >= 4 is 11.5 Å². The Hall–Kier alpha value is -2.18. The Morgan fingerprint density at radius 3 is 2.86 bits per heavy atom. The van der Waals surface area contributed by atoms with Gasteiger partial charge in [-0.05, 0) is 46.0 Å². The summed E-state index contributed by atoms with van der Waals surface area (Å²) in [6.45, 7) is 4.22. The molecular formula is C15H22N4O3. The third-order valence-corrected chi connectivity index (χ3v) is 3.44. The van der Waals surface area contributed by atoms with Crippen molar-refractivity contribution in [3.05, 3.63) is 28.1 Å². The molecule has 0 saturated carbocycles. The Kier molecular flexibility index (Phi) is 5.68. The van der Waals surface area contributed by atoms with Gasteiger partial charge in [-0.15, -0.1) is 0 Å². The molecule has 0 aliphatic heterocycles. The largest absolute Gasteiger partial charge is 0.470 e. The van der Waals surface area contributed by atoms with E-state index in [1.54, 1.807) is 13.8 Å². The summed E-state index contributed by atoms with van der Waals surface area (Å²) >= 11 is 0. The molecule has 120 valence electrons. The van der Waals surface area contributed by atoms with Gasteiger partial charge < -0.3 is 10.1 Å². The highest BCUT2D eigenvalue weighted by Crippen LogP contribution is 2.31. The maximum absolute atomic E-state index is 11.3. The molecule has 0 fully saturated rings. The van der Waals surface area contributed by atoms with Crippen molar-refractivity contribution in [1.29, 1.82) is 0 Å². The van der Waals surface area contributed by atoms with Crippen LogP contribution in [0.25, 0.3) is 0 Å². The average molecular weight is 306 g/mol. The number of anilines is 1. The fourth-order valence-electron chi connectivity index (χ4n) is 2.44. The predicted octanol–water partition coefficient (Wildman–Crippen LogP) is 3.47. The standard InChI is InChI=1S/C15H22N4O3/c1-11(2)22-15-13(19(20)21)14(17-10-18-15)16-9-8-12-6-4-3-5-7-12/h6,10-11H,3-5,7-9H2,1-2H3,(H,16,17,18). The predicted molar refractivity (Wildman–Crippen MR) is 84.1 cm³/mol. The second-order valence-electron chi connectivity index (χ2n) is 5.58. The minimum absolute atomic E-state index is 0.00869. The van der Waals surface area contributed by atoms with Crippen molar-refractivity contribution in [2.45, 2.75) is 52.1 Å². The van der Waals surface area contributed by atoms with Crippen LogP contribution >= 0.6 is 0 Å². The summed E-state index contributed by atoms with van der Waals surface area (Å²) in [7, 11) is 0. The van der Waals surface area contributed by atoms with E-state index in [0.717, 1.165) is 19.3 Å². The molecule has 22 heavy (non-hydrogen) atoms. The van der Waals surface area contributed by atoms with E-state index in [1.807, 2.05) is 0 Å². The number of allylic oxidation sites excluding steroid dienone is 1. The van der Waals surface area contributed by atoms with Crippen LogP contribution in [0.3, 0.4) is 0 Å². The van der Waals surface area contributed by atoms with Gasteiger partial charge in [-0.3, -0.25) is 10.1 Å². The minimum atomic E-state index is -0.500. The summed E-state index contributed by atoms with van der Waals surface area (Å²) < 4.78 is 5.40. The fraction of sp³-hybridized carbons (Fsp3) is 0.600. The maximum atomic E-state index is 11.3. The number of nitrogens with zero attached hydrogens (tertiary/aromatic N) is 3. The zero-order chi connectivity index (χ0) is 15.9. The van der Waals surface area contributed by atoms with Gasteiger partial charge in [-0.1, -0.05) is 11.6 Å². The van der Waals surface area contributed by atoms with Gasteiger partial charge in [0.25, 0.3) is 5.88 Å². The molecule has 0 saturated heterocycles. The molecule has 1 heterocycles. The summed E-state index contributed by atoms with van der Waals surface area (Å²) in [6, 6.07) is 0. The Bertz CT molecular complexity index is 558. The maximum Gasteiger partial charge on any atom is 0.372 e. The third-order valence-electron chi connectivity index (χ3n) is 3.44. The van der Waals surface area contributed by atoms with Crippen LogP contribution in [0.2, 0.25) is 0 Å². The van der Waals surface area contributed by atoms with Crippen LogP contribution in [0.5, 0.6) is 5.88 Å². The quantitative estimate of drug-likeness (QED) is 0.471. The third kappa shape index (κ3) is 4.41. The number of nitrogens with one attached hydrogen (secondary N) is 1. The highest BCUT2D eigenvalue weighted by atomic mass is 16.6. The number of aromatic nitrogens is 2. The van der Waals surface area contributed by atoms with E-state index in [0.29, 0.717) is 6.54 Å². The van der Waals surface area contributed by atoms with Crippen LogP contribution in [0.4, 0.5) is 11.5 Å². The molecule has 1 aromatic heterocycles. The van der Waals surface area contributed by atoms with E-state index >= 15 is 0 Å². The summed E-state index contributed by atoms with van der Waals surface area (Å²) in [4.78, 5) is 18.6. The lowest BCUT2D eigenvalue weighted by Crippen LogP contribution is -2.12. The number of ether oxygens (including phenoxy) is 1. The van der Waals surface area contributed by atoms with Crippen molar-refractivity contribution in [3.63, 3.8) is 0 Å². The Labute approximate surface area is 130 Å². The molecule has 2 rings (SSSR count). The summed E-state index contributed by atoms with van der Waals surface area (Å²) in [5, 5.41) is 14.3. The van der Waals surface area contributed by atoms with Gasteiger partial charge in [0, 0.05) is 6.54 Å². The first-order chi connectivity index (χ1) is 10.6. The minimum Gasteiger partial charge on any atom is -0.470 e. The van der Waals surface area contributed by atoms with E-state index in [2.05, 4.69) is 21.4 Å². The van der Waals surface area contributed by atoms with Crippen LogP contribution in [0, 0.1) is 10.1 Å². The zero-order valence-electron chi connectivity index (χ0n) is 13.0. The van der Waals surface area contributed by atoms with Crippen molar-refractivity contribution in [1.82, 2.24) is 9.97 Å². The Morgan fingerprint density at radius 1 is 1.41 bits per heavy atom. The lowest BCUT2D eigenvalue weighted by Gasteiger charge is -2.14. The van der Waals surface area contributed by atoms with Crippen LogP contribution in [0.1, 0.15) is 46.0 Å². The SMILES string of the molecule is CC(C)Oc1ncnc(NCCC2=CCCCC2)c1[N+](=O)[O-]. The lowest BCUT2D eigenvalue weighted by atomic mass is 9.97. The molecule has 1 aliphatic rings. The summed E-state index contributed by atoms with van der Waals surface area (Å²) in [6.07, 6.45) is 8.98. The second kappa shape index (κ2) is 7.72. The molecule has 0 amide bonds. The zero-order valence-corrected chi connectivity index (χ0v) is 13.0. The molecule has 7 heteroatoms. The molecule has 0 unspecified atom stereocenters. The molecule has 0 radical (unpaired) electrons. The van der Waals surface area contributed by atoms with Crippen molar-refractivity contribution in [3.8, 4) is 5.88 Å². The van der Waals surface area contributed by atoms with E-state index in [4.69, 9.17) is 4.74 Å². The van der Waals surface area contributed by atoms with Gasteiger partial charge in [0.2, 0.25) is 5.82 Å². The summed E-state index contributed by atoms with van der Waals surface area (Å²) in [5.41, 5.74) is 1.21. The van der Waals surface area contributed by atoms with E-state index < -0.39 is 4.92 Å². The highest BCUT2D eigenvalue weighted by molar-refractivity contribution is 5.61. The van der Waals surface area contributed by atoms with Gasteiger partial charge in [-0.2, -0.15) is 4.98 Å². The first kappa shape index (κ1) is 16.2. The molecule has 7 nitrogen and oxygen atoms in total. The van der Waals surface area contributed by atoms with Crippen LogP contribution in [-0.4, -0.2) is 27.5 Å². The molecule has 0 spiro atoms. The van der Waals surface area contributed by atoms with E-state index in [1.165, 1.54) is 24.7 Å². The smallest absolute Gasteiger partial charge is 0.372 e. The molecule has 1 aromatic rings. The van der Waals surface area contributed by atoms with E-state index in [-0.39, 0.29) is 23.5 Å². The normalized spacial score (nSPS) is 14.6. The highest BCUT2D eigenvalue weighted by Gasteiger charge is 2.24. The van der Waals surface area contributed by atoms with Crippen molar-refractivity contribution in [2.75, 3.05) is 11.9 Å². The topological polar surface area (TPSA) is 90.2 Å². The first-order valence-corrected chi connectivity index (χ1v) is 7.65. The number of nitro groups is 1. The van der Waals surface area contributed by atoms with Crippen LogP contribution in [0.15, 0.2) is 18.0 Å². The molecular weight excluding hydrogens is 284 g/mol. The number of hydrogen-bond donors (Lipinski definition) is 1. The molecule has 0 aromatic carbocycles. The Morgan fingerprint density at radius 2 is 2.23 bits per heavy atom. The van der Waals surface area contributed by atoms with Gasteiger partial charge in [0.05, 0.1) is 11.0 Å². The van der Waals surface area contributed by atoms with Gasteiger partial charge in [0.15, 0.2) is 0 Å². The summed E-state index contributed by atoms with van der Waals surface area (Å²) in [5.74, 6) is 0.224. The van der Waals surface area contributed by atoms with E-state index in [9.17, 15) is 10.1 Å². The molecule has 1 N–H and O–H groups in total. The Balaban J connectivity index is 2.05. The number of hydrogen-bond acceptors (Lipinski definition) is 6.